The first-order valence-electron chi connectivity index (χ1n) is 8.42. The van der Waals surface area contributed by atoms with Gasteiger partial charge in [-0.05, 0) is 69.0 Å². The molecule has 0 aliphatic carbocycles. The van der Waals surface area contributed by atoms with Crippen LogP contribution in [-0.2, 0) is 13.0 Å². The molecule has 1 aliphatic heterocycles. The Bertz CT molecular complexity index is 605. The molecular formula is C18H26N4. The molecular weight excluding hydrogens is 272 g/mol. The molecule has 4 nitrogen and oxygen atoms in total. The molecule has 1 atom stereocenters. The van der Waals surface area contributed by atoms with Crippen molar-refractivity contribution in [1.82, 2.24) is 19.7 Å². The van der Waals surface area contributed by atoms with E-state index in [1.165, 1.54) is 31.5 Å². The normalized spacial score (nSPS) is 19.5. The topological polar surface area (TPSA) is 34.0 Å². The zero-order valence-electron chi connectivity index (χ0n) is 13.7. The van der Waals surface area contributed by atoms with E-state index in [1.54, 1.807) is 0 Å². The monoisotopic (exact) mass is 298 g/mol. The predicted molar refractivity (Wildman–Crippen MR) is 89.7 cm³/mol. The molecule has 0 aromatic carbocycles. The van der Waals surface area contributed by atoms with Crippen LogP contribution in [0.5, 0.6) is 0 Å². The number of hydrogen-bond acceptors (Lipinski definition) is 3. The van der Waals surface area contributed by atoms with Crippen molar-refractivity contribution in [3.8, 4) is 11.4 Å². The lowest BCUT2D eigenvalue weighted by Gasteiger charge is -2.29. The van der Waals surface area contributed by atoms with Gasteiger partial charge in [0.15, 0.2) is 0 Å². The maximum atomic E-state index is 4.56. The minimum atomic E-state index is 0.773. The molecule has 2 aromatic rings. The van der Waals surface area contributed by atoms with E-state index in [0.717, 1.165) is 36.7 Å². The van der Waals surface area contributed by atoms with E-state index in [9.17, 15) is 0 Å². The predicted octanol–water partition coefficient (Wildman–Crippen LogP) is 3.24. The Balaban J connectivity index is 1.76. The highest BCUT2D eigenvalue weighted by Crippen LogP contribution is 2.23. The van der Waals surface area contributed by atoms with Gasteiger partial charge in [0, 0.05) is 25.5 Å². The Kier molecular flexibility index (Phi) is 4.88. The Morgan fingerprint density at radius 1 is 1.27 bits per heavy atom. The van der Waals surface area contributed by atoms with Crippen LogP contribution < -0.4 is 0 Å². The molecule has 3 rings (SSSR count). The quantitative estimate of drug-likeness (QED) is 0.850. The zero-order chi connectivity index (χ0) is 15.4. The summed E-state index contributed by atoms with van der Waals surface area (Å²) in [4.78, 5) is 7.01. The third-order valence-corrected chi connectivity index (χ3v) is 4.49. The average Bonchev–Trinajstić information content (AvgIpc) is 2.96. The van der Waals surface area contributed by atoms with E-state index in [4.69, 9.17) is 0 Å². The van der Waals surface area contributed by atoms with Gasteiger partial charge in [0.25, 0.3) is 0 Å². The second-order valence-electron chi connectivity index (χ2n) is 6.46. The fraction of sp³-hybridized carbons (Fsp3) is 0.556. The van der Waals surface area contributed by atoms with E-state index in [1.807, 2.05) is 12.4 Å². The van der Waals surface area contributed by atoms with Crippen molar-refractivity contribution in [2.24, 2.45) is 5.92 Å². The largest absolute Gasteiger partial charge is 0.306 e. The fourth-order valence-electron chi connectivity index (χ4n) is 3.45. The molecule has 1 unspecified atom stereocenters. The molecule has 0 N–H and O–H groups in total. The minimum absolute atomic E-state index is 0.773. The second-order valence-corrected chi connectivity index (χ2v) is 6.46. The third kappa shape index (κ3) is 3.55. The van der Waals surface area contributed by atoms with Gasteiger partial charge in [-0.1, -0.05) is 6.92 Å². The van der Waals surface area contributed by atoms with Gasteiger partial charge >= 0.3 is 0 Å². The van der Waals surface area contributed by atoms with Gasteiger partial charge < -0.3 is 4.90 Å². The summed E-state index contributed by atoms with van der Waals surface area (Å²) >= 11 is 0. The van der Waals surface area contributed by atoms with Gasteiger partial charge in [0.05, 0.1) is 11.4 Å². The summed E-state index contributed by atoms with van der Waals surface area (Å²) in [5.74, 6) is 0.773. The van der Waals surface area contributed by atoms with E-state index >= 15 is 0 Å². The lowest BCUT2D eigenvalue weighted by molar-refractivity contribution is 0.209. The molecule has 3 heterocycles. The highest BCUT2D eigenvalue weighted by molar-refractivity contribution is 5.55. The van der Waals surface area contributed by atoms with Crippen molar-refractivity contribution in [3.63, 3.8) is 0 Å². The van der Waals surface area contributed by atoms with Crippen LogP contribution in [0.4, 0.5) is 0 Å². The van der Waals surface area contributed by atoms with Crippen LogP contribution in [0, 0.1) is 5.92 Å². The molecule has 0 bridgehead atoms. The van der Waals surface area contributed by atoms with Crippen molar-refractivity contribution in [2.75, 3.05) is 20.1 Å². The van der Waals surface area contributed by atoms with Crippen molar-refractivity contribution in [2.45, 2.75) is 39.2 Å². The lowest BCUT2D eigenvalue weighted by Crippen LogP contribution is -2.32. The zero-order valence-corrected chi connectivity index (χ0v) is 13.7. The Hall–Kier alpha value is -1.68. The smallest absolute Gasteiger partial charge is 0.0885 e. The number of aryl methyl sites for hydroxylation is 1. The first-order valence-corrected chi connectivity index (χ1v) is 8.42. The number of likely N-dealkylation sites (tertiary alicyclic amines) is 1. The van der Waals surface area contributed by atoms with Gasteiger partial charge in [-0.2, -0.15) is 5.10 Å². The molecule has 1 fully saturated rings. The Labute approximate surface area is 133 Å². The summed E-state index contributed by atoms with van der Waals surface area (Å²) in [6.45, 7) is 5.58. The van der Waals surface area contributed by atoms with Crippen molar-refractivity contribution in [3.05, 3.63) is 36.2 Å². The summed E-state index contributed by atoms with van der Waals surface area (Å²) in [7, 11) is 2.23. The number of hydrogen-bond donors (Lipinski definition) is 0. The molecule has 4 heteroatoms. The van der Waals surface area contributed by atoms with Gasteiger partial charge in [0.1, 0.15) is 0 Å². The van der Waals surface area contributed by atoms with E-state index in [0.29, 0.717) is 0 Å². The average molecular weight is 298 g/mol. The molecule has 1 saturated heterocycles. The van der Waals surface area contributed by atoms with Crippen molar-refractivity contribution in [1.29, 1.82) is 0 Å². The van der Waals surface area contributed by atoms with E-state index in [2.05, 4.69) is 51.8 Å². The fourth-order valence-corrected chi connectivity index (χ4v) is 3.45. The minimum Gasteiger partial charge on any atom is -0.306 e. The van der Waals surface area contributed by atoms with Crippen molar-refractivity contribution >= 4 is 0 Å². The molecule has 0 saturated carbocycles. The summed E-state index contributed by atoms with van der Waals surface area (Å²) in [5.41, 5.74) is 3.58. The molecule has 1 aliphatic rings. The summed E-state index contributed by atoms with van der Waals surface area (Å²) in [6.07, 6.45) is 8.72. The summed E-state index contributed by atoms with van der Waals surface area (Å²) in [6, 6.07) is 6.48. The van der Waals surface area contributed by atoms with Crippen LogP contribution in [0.1, 0.15) is 31.7 Å². The van der Waals surface area contributed by atoms with Crippen LogP contribution in [0.3, 0.4) is 0 Å². The Morgan fingerprint density at radius 3 is 3.00 bits per heavy atom. The van der Waals surface area contributed by atoms with Crippen LogP contribution in [0.15, 0.2) is 30.6 Å². The highest BCUT2D eigenvalue weighted by atomic mass is 15.3. The Morgan fingerprint density at radius 2 is 2.18 bits per heavy atom. The number of piperidine rings is 1. The first-order chi connectivity index (χ1) is 10.8. The van der Waals surface area contributed by atoms with Gasteiger partial charge in [-0.3, -0.25) is 9.67 Å². The number of rotatable bonds is 5. The first kappa shape index (κ1) is 15.2. The number of pyridine rings is 1. The molecule has 118 valence electrons. The van der Waals surface area contributed by atoms with E-state index in [-0.39, 0.29) is 0 Å². The highest BCUT2D eigenvalue weighted by Gasteiger charge is 2.18. The summed E-state index contributed by atoms with van der Waals surface area (Å²) in [5, 5.41) is 4.41. The maximum Gasteiger partial charge on any atom is 0.0885 e. The van der Waals surface area contributed by atoms with Crippen LogP contribution >= 0.6 is 0 Å². The SMILES string of the molecule is CCCn1nccc1-c1cc(CC2CCCN(C)C2)ccn1. The maximum absolute atomic E-state index is 4.56. The van der Waals surface area contributed by atoms with Crippen LogP contribution in [-0.4, -0.2) is 39.8 Å². The molecule has 0 spiro atoms. The molecule has 0 radical (unpaired) electrons. The molecule has 22 heavy (non-hydrogen) atoms. The van der Waals surface area contributed by atoms with E-state index < -0.39 is 0 Å². The van der Waals surface area contributed by atoms with Crippen molar-refractivity contribution < 1.29 is 0 Å². The van der Waals surface area contributed by atoms with Crippen LogP contribution in [0.2, 0.25) is 0 Å². The number of nitrogens with zero attached hydrogens (tertiary/aromatic N) is 4. The summed E-state index contributed by atoms with van der Waals surface area (Å²) < 4.78 is 2.06. The van der Waals surface area contributed by atoms with Crippen LogP contribution in [0.25, 0.3) is 11.4 Å². The second kappa shape index (κ2) is 7.05. The molecule has 2 aromatic heterocycles. The lowest BCUT2D eigenvalue weighted by atomic mass is 9.91. The molecule has 0 amide bonds. The van der Waals surface area contributed by atoms with Gasteiger partial charge in [-0.25, -0.2) is 0 Å². The standard InChI is InChI=1S/C18H26N4/c1-3-10-22-18(7-9-20-22)17-13-15(6-8-19-17)12-16-5-4-11-21(2)14-16/h6-9,13,16H,3-5,10-12,14H2,1-2H3. The third-order valence-electron chi connectivity index (χ3n) is 4.49. The van der Waals surface area contributed by atoms with Gasteiger partial charge in [-0.15, -0.1) is 0 Å². The van der Waals surface area contributed by atoms with Gasteiger partial charge in [0.2, 0.25) is 0 Å². The number of aromatic nitrogens is 3.